The summed E-state index contributed by atoms with van der Waals surface area (Å²) in [6.07, 6.45) is 0.728. The van der Waals surface area contributed by atoms with E-state index in [1.807, 2.05) is 33.8 Å². The average molecular weight is 360 g/mol. The molecule has 0 spiro atoms. The van der Waals surface area contributed by atoms with Crippen LogP contribution in [0, 0.1) is 0 Å². The van der Waals surface area contributed by atoms with Crippen LogP contribution in [0.5, 0.6) is 0 Å². The predicted molar refractivity (Wildman–Crippen MR) is 107 cm³/mol. The number of rotatable bonds is 4. The molecule has 1 atom stereocenters. The lowest BCUT2D eigenvalue weighted by Gasteiger charge is -2.32. The van der Waals surface area contributed by atoms with Gasteiger partial charge in [-0.15, -0.1) is 12.4 Å². The van der Waals surface area contributed by atoms with Crippen LogP contribution in [0.25, 0.3) is 11.1 Å². The van der Waals surface area contributed by atoms with Gasteiger partial charge in [-0.05, 0) is 50.8 Å². The Morgan fingerprint density at radius 1 is 0.840 bits per heavy atom. The van der Waals surface area contributed by atoms with Gasteiger partial charge in [-0.3, -0.25) is 0 Å². The van der Waals surface area contributed by atoms with E-state index in [1.165, 1.54) is 16.7 Å². The van der Waals surface area contributed by atoms with E-state index in [0.717, 1.165) is 6.42 Å². The Bertz CT molecular complexity index is 673. The summed E-state index contributed by atoms with van der Waals surface area (Å²) < 4.78 is 12.1. The number of nitrogens with two attached hydrogens (primary N) is 1. The zero-order valence-electron chi connectivity index (χ0n) is 15.4. The van der Waals surface area contributed by atoms with E-state index in [9.17, 15) is 0 Å². The molecule has 1 heterocycles. The van der Waals surface area contributed by atoms with Gasteiger partial charge in [0.05, 0.1) is 11.2 Å². The van der Waals surface area contributed by atoms with E-state index in [1.54, 1.807) is 0 Å². The molecule has 1 aliphatic rings. The van der Waals surface area contributed by atoms with E-state index >= 15 is 0 Å². The molecule has 2 N–H and O–H groups in total. The summed E-state index contributed by atoms with van der Waals surface area (Å²) in [4.78, 5) is 0. The fraction of sp³-hybridized carbons (Fsp3) is 0.400. The Labute approximate surface area is 157 Å². The van der Waals surface area contributed by atoms with Crippen molar-refractivity contribution in [1.82, 2.24) is 0 Å². The molecule has 3 nitrogen and oxygen atoms in total. The van der Waals surface area contributed by atoms with Gasteiger partial charge >= 0.3 is 7.12 Å². The lowest BCUT2D eigenvalue weighted by atomic mass is 9.75. The van der Waals surface area contributed by atoms with Gasteiger partial charge in [0.15, 0.2) is 0 Å². The van der Waals surface area contributed by atoms with Crippen LogP contribution in [0.15, 0.2) is 54.6 Å². The lowest BCUT2D eigenvalue weighted by Crippen LogP contribution is -2.43. The number of benzene rings is 2. The fourth-order valence-corrected chi connectivity index (χ4v) is 2.90. The van der Waals surface area contributed by atoms with Gasteiger partial charge in [0.2, 0.25) is 0 Å². The third kappa shape index (κ3) is 4.26. The third-order valence-electron chi connectivity index (χ3n) is 5.15. The molecule has 134 valence electrons. The van der Waals surface area contributed by atoms with Crippen molar-refractivity contribution in [2.24, 2.45) is 5.73 Å². The van der Waals surface area contributed by atoms with Gasteiger partial charge < -0.3 is 15.0 Å². The number of hydrogen-bond acceptors (Lipinski definition) is 3. The van der Waals surface area contributed by atoms with E-state index < -0.39 is 0 Å². The quantitative estimate of drug-likeness (QED) is 0.829. The topological polar surface area (TPSA) is 44.5 Å². The summed E-state index contributed by atoms with van der Waals surface area (Å²) >= 11 is 0. The molecule has 0 saturated carbocycles. The van der Waals surface area contributed by atoms with Crippen LogP contribution in [-0.4, -0.2) is 24.3 Å². The summed E-state index contributed by atoms with van der Waals surface area (Å²) in [6, 6.07) is 18.9. The summed E-state index contributed by atoms with van der Waals surface area (Å²) in [5, 5.41) is 0. The van der Waals surface area contributed by atoms with Crippen molar-refractivity contribution >= 4 is 19.5 Å². The minimum absolute atomic E-state index is 0. The first-order chi connectivity index (χ1) is 11.3. The lowest BCUT2D eigenvalue weighted by molar-refractivity contribution is 0.00578. The Hall–Kier alpha value is -1.33. The molecule has 0 radical (unpaired) electrons. The molecule has 0 aromatic heterocycles. The molecule has 0 aliphatic carbocycles. The van der Waals surface area contributed by atoms with Crippen LogP contribution in [0.4, 0.5) is 0 Å². The van der Waals surface area contributed by atoms with Crippen LogP contribution < -0.4 is 5.73 Å². The molecule has 2 aromatic carbocycles. The molecule has 25 heavy (non-hydrogen) atoms. The van der Waals surface area contributed by atoms with E-state index in [2.05, 4.69) is 48.5 Å². The summed E-state index contributed by atoms with van der Waals surface area (Å²) in [6.45, 7) is 8.20. The van der Waals surface area contributed by atoms with Gasteiger partial charge in [0.1, 0.15) is 0 Å². The van der Waals surface area contributed by atoms with Crippen molar-refractivity contribution in [3.8, 4) is 11.1 Å². The Balaban J connectivity index is 0.00000225. The minimum atomic E-state index is -0.371. The molecule has 1 fully saturated rings. The number of hydrogen-bond donors (Lipinski definition) is 1. The minimum Gasteiger partial charge on any atom is -0.402 e. The van der Waals surface area contributed by atoms with E-state index in [-0.39, 0.29) is 36.7 Å². The maximum Gasteiger partial charge on any atom is 0.476 e. The van der Waals surface area contributed by atoms with E-state index in [0.29, 0.717) is 0 Å². The number of halogens is 1. The maximum atomic E-state index is 6.35. The van der Waals surface area contributed by atoms with Gasteiger partial charge in [0, 0.05) is 5.94 Å². The highest BCUT2D eigenvalue weighted by molar-refractivity contribution is 6.47. The van der Waals surface area contributed by atoms with Gasteiger partial charge in [0.25, 0.3) is 0 Å². The first-order valence-electron chi connectivity index (χ1n) is 8.54. The van der Waals surface area contributed by atoms with Crippen LogP contribution in [0.3, 0.4) is 0 Å². The van der Waals surface area contributed by atoms with Crippen molar-refractivity contribution in [2.45, 2.75) is 51.3 Å². The van der Waals surface area contributed by atoms with Crippen molar-refractivity contribution in [3.05, 3.63) is 60.2 Å². The second-order valence-corrected chi connectivity index (χ2v) is 7.56. The SMILES string of the molecule is CC1(C)OB([C@@H](N)Cc2ccc(-c3ccccc3)cc2)OC1(C)C.Cl. The smallest absolute Gasteiger partial charge is 0.402 e. The fourth-order valence-electron chi connectivity index (χ4n) is 2.90. The second-order valence-electron chi connectivity index (χ2n) is 7.56. The molecular weight excluding hydrogens is 332 g/mol. The molecule has 0 amide bonds. The summed E-state index contributed by atoms with van der Waals surface area (Å²) in [5.74, 6) is -0.186. The monoisotopic (exact) mass is 359 g/mol. The van der Waals surface area contributed by atoms with Crippen LogP contribution in [-0.2, 0) is 15.7 Å². The molecule has 3 rings (SSSR count). The van der Waals surface area contributed by atoms with E-state index in [4.69, 9.17) is 15.0 Å². The standard InChI is InChI=1S/C20H26BNO2.ClH/c1-19(2)20(3,4)24-21(23-19)18(22)14-15-10-12-17(13-11-15)16-8-6-5-7-9-16;/h5-13,18H,14,22H2,1-4H3;1H/t18-;/m0./s1. The highest BCUT2D eigenvalue weighted by Gasteiger charge is 2.52. The molecular formula is C20H27BClNO2. The van der Waals surface area contributed by atoms with Crippen molar-refractivity contribution in [2.75, 3.05) is 0 Å². The Morgan fingerprint density at radius 3 is 1.84 bits per heavy atom. The maximum absolute atomic E-state index is 6.35. The van der Waals surface area contributed by atoms with Crippen LogP contribution >= 0.6 is 12.4 Å². The zero-order chi connectivity index (χ0) is 17.4. The van der Waals surface area contributed by atoms with Crippen LogP contribution in [0.2, 0.25) is 0 Å². The highest BCUT2D eigenvalue weighted by Crippen LogP contribution is 2.37. The summed E-state index contributed by atoms with van der Waals surface area (Å²) in [7, 11) is -0.371. The molecule has 1 saturated heterocycles. The molecule has 5 heteroatoms. The van der Waals surface area contributed by atoms with Crippen molar-refractivity contribution in [3.63, 3.8) is 0 Å². The molecule has 0 bridgehead atoms. The average Bonchev–Trinajstić information content (AvgIpc) is 2.77. The predicted octanol–water partition coefficient (Wildman–Crippen LogP) is 4.28. The van der Waals surface area contributed by atoms with Gasteiger partial charge in [-0.25, -0.2) is 0 Å². The molecule has 2 aromatic rings. The Morgan fingerprint density at radius 2 is 1.32 bits per heavy atom. The largest absolute Gasteiger partial charge is 0.476 e. The molecule has 1 aliphatic heterocycles. The Kier molecular flexibility index (Phi) is 6.00. The van der Waals surface area contributed by atoms with Crippen LogP contribution in [0.1, 0.15) is 33.3 Å². The normalized spacial score (nSPS) is 19.3. The molecule has 0 unspecified atom stereocenters. The van der Waals surface area contributed by atoms with Gasteiger partial charge in [-0.2, -0.15) is 0 Å². The highest BCUT2D eigenvalue weighted by atomic mass is 35.5. The third-order valence-corrected chi connectivity index (χ3v) is 5.15. The van der Waals surface area contributed by atoms with Crippen molar-refractivity contribution < 1.29 is 9.31 Å². The van der Waals surface area contributed by atoms with Gasteiger partial charge in [-0.1, -0.05) is 54.6 Å². The zero-order valence-corrected chi connectivity index (χ0v) is 16.2. The second kappa shape index (κ2) is 7.51. The first-order valence-corrected chi connectivity index (χ1v) is 8.54. The summed E-state index contributed by atoms with van der Waals surface area (Å²) in [5.41, 5.74) is 9.30. The van der Waals surface area contributed by atoms with Crippen molar-refractivity contribution in [1.29, 1.82) is 0 Å². The first kappa shape index (κ1) is 20.0.